The molecule has 0 aromatic heterocycles. The number of nitriles is 3. The largest absolute Gasteiger partial charge is 0.399 e. The lowest BCUT2D eigenvalue weighted by atomic mass is 9.56. The zero-order valence-electron chi connectivity index (χ0n) is 14.9. The molecule has 4 atom stereocenters. The molecule has 2 N–H and O–H groups in total. The van der Waals surface area contributed by atoms with Crippen molar-refractivity contribution in [3.05, 3.63) is 58.6 Å². The van der Waals surface area contributed by atoms with Gasteiger partial charge < -0.3 is 5.73 Å². The molecular weight excluding hydrogens is 341 g/mol. The molecule has 1 fully saturated rings. The van der Waals surface area contributed by atoms with Gasteiger partial charge in [-0.05, 0) is 43.2 Å². The van der Waals surface area contributed by atoms with Crippen LogP contribution in [0.4, 0.5) is 4.39 Å². The Bertz CT molecular complexity index is 971. The summed E-state index contributed by atoms with van der Waals surface area (Å²) in [4.78, 5) is 2.25. The highest BCUT2D eigenvalue weighted by Gasteiger charge is 2.58. The van der Waals surface area contributed by atoms with E-state index in [-0.39, 0.29) is 35.1 Å². The predicted octanol–water partition coefficient (Wildman–Crippen LogP) is 2.71. The van der Waals surface area contributed by atoms with Gasteiger partial charge >= 0.3 is 0 Å². The second-order valence-corrected chi connectivity index (χ2v) is 7.49. The van der Waals surface area contributed by atoms with Crippen molar-refractivity contribution in [1.29, 1.82) is 15.8 Å². The van der Waals surface area contributed by atoms with Gasteiger partial charge in [0, 0.05) is 23.9 Å². The van der Waals surface area contributed by atoms with Crippen molar-refractivity contribution in [1.82, 2.24) is 4.90 Å². The summed E-state index contributed by atoms with van der Waals surface area (Å²) in [6, 6.07) is 12.6. The number of likely N-dealkylation sites (N-methyl/N-ethyl adjacent to an activating group) is 1. The van der Waals surface area contributed by atoms with Crippen molar-refractivity contribution in [2.45, 2.75) is 30.8 Å². The predicted molar refractivity (Wildman–Crippen MR) is 95.8 cm³/mol. The molecule has 134 valence electrons. The number of rotatable bonds is 1. The molecule has 1 aromatic carbocycles. The Morgan fingerprint density at radius 2 is 1.81 bits per heavy atom. The van der Waals surface area contributed by atoms with Gasteiger partial charge in [-0.3, -0.25) is 4.90 Å². The summed E-state index contributed by atoms with van der Waals surface area (Å²) in [7, 11) is 2.03. The van der Waals surface area contributed by atoms with Crippen molar-refractivity contribution in [3.8, 4) is 18.2 Å². The number of halogens is 1. The summed E-state index contributed by atoms with van der Waals surface area (Å²) in [5.41, 5.74) is 6.40. The van der Waals surface area contributed by atoms with Crippen LogP contribution in [0.2, 0.25) is 0 Å². The first-order chi connectivity index (χ1) is 13.0. The van der Waals surface area contributed by atoms with Crippen LogP contribution in [0.1, 0.15) is 24.3 Å². The standard InChI is InChI=1S/C21H18FN5/c1-27-14-6-7-17(27)18-15(8-14)16(9-23)20(26)21(10-24,11-25)19(18)12-2-4-13(22)5-3-12/h2-5,8,14,17-19H,6-7,26H2,1H3. The van der Waals surface area contributed by atoms with E-state index in [1.807, 2.05) is 7.05 Å². The first kappa shape index (κ1) is 17.3. The topological polar surface area (TPSA) is 101 Å². The molecule has 2 heterocycles. The highest BCUT2D eigenvalue weighted by molar-refractivity contribution is 5.60. The lowest BCUT2D eigenvalue weighted by Crippen LogP contribution is -2.51. The maximum atomic E-state index is 13.5. The molecule has 1 saturated heterocycles. The zero-order valence-corrected chi connectivity index (χ0v) is 14.9. The summed E-state index contributed by atoms with van der Waals surface area (Å²) in [6.45, 7) is 0. The molecule has 1 aliphatic carbocycles. The van der Waals surface area contributed by atoms with E-state index in [9.17, 15) is 20.2 Å². The van der Waals surface area contributed by atoms with Crippen molar-refractivity contribution in [2.24, 2.45) is 17.1 Å². The number of hydrogen-bond donors (Lipinski definition) is 1. The molecule has 3 aliphatic rings. The average molecular weight is 359 g/mol. The molecule has 2 aliphatic heterocycles. The molecule has 0 spiro atoms. The number of nitrogens with zero attached hydrogens (tertiary/aromatic N) is 4. The molecule has 1 aromatic rings. The third-order valence-electron chi connectivity index (χ3n) is 6.45. The van der Waals surface area contributed by atoms with Crippen LogP contribution in [0, 0.1) is 51.1 Å². The Morgan fingerprint density at radius 3 is 2.41 bits per heavy atom. The fourth-order valence-electron chi connectivity index (χ4n) is 5.13. The SMILES string of the molecule is CN1C2C=C3C(C#N)=C(N)C(C#N)(C#N)C(c4ccc(F)cc4)C3C1CC2. The van der Waals surface area contributed by atoms with E-state index in [2.05, 4.69) is 29.2 Å². The van der Waals surface area contributed by atoms with Gasteiger partial charge in [-0.25, -0.2) is 4.39 Å². The normalized spacial score (nSPS) is 31.3. The Labute approximate surface area is 157 Å². The van der Waals surface area contributed by atoms with E-state index in [1.165, 1.54) is 12.1 Å². The molecule has 0 amide bonds. The summed E-state index contributed by atoms with van der Waals surface area (Å²) in [5, 5.41) is 29.8. The van der Waals surface area contributed by atoms with Crippen molar-refractivity contribution in [3.63, 3.8) is 0 Å². The second kappa shape index (κ2) is 5.95. The van der Waals surface area contributed by atoms with Crippen LogP contribution in [0.15, 0.2) is 47.2 Å². The summed E-state index contributed by atoms with van der Waals surface area (Å²) < 4.78 is 13.5. The molecule has 4 rings (SSSR count). The molecule has 5 nitrogen and oxygen atoms in total. The van der Waals surface area contributed by atoms with Crippen LogP contribution in [-0.2, 0) is 0 Å². The van der Waals surface area contributed by atoms with Gasteiger partial charge in [-0.15, -0.1) is 0 Å². The van der Waals surface area contributed by atoms with E-state index in [4.69, 9.17) is 5.73 Å². The van der Waals surface area contributed by atoms with Crippen LogP contribution in [-0.4, -0.2) is 24.0 Å². The van der Waals surface area contributed by atoms with Gasteiger partial charge in [-0.1, -0.05) is 18.2 Å². The van der Waals surface area contributed by atoms with Gasteiger partial charge in [-0.2, -0.15) is 15.8 Å². The molecule has 27 heavy (non-hydrogen) atoms. The van der Waals surface area contributed by atoms with Crippen LogP contribution in [0.3, 0.4) is 0 Å². The monoisotopic (exact) mass is 359 g/mol. The molecule has 0 saturated carbocycles. The maximum absolute atomic E-state index is 13.5. The highest BCUT2D eigenvalue weighted by atomic mass is 19.1. The van der Waals surface area contributed by atoms with Gasteiger partial charge in [0.15, 0.2) is 5.41 Å². The van der Waals surface area contributed by atoms with E-state index >= 15 is 0 Å². The fourth-order valence-corrected chi connectivity index (χ4v) is 5.13. The van der Waals surface area contributed by atoms with E-state index in [0.717, 1.165) is 18.4 Å². The number of fused-ring (bicyclic) bond motifs is 4. The summed E-state index contributed by atoms with van der Waals surface area (Å²) in [5.74, 6) is -1.17. The quantitative estimate of drug-likeness (QED) is 0.831. The second-order valence-electron chi connectivity index (χ2n) is 7.49. The summed E-state index contributed by atoms with van der Waals surface area (Å²) >= 11 is 0. The van der Waals surface area contributed by atoms with Crippen LogP contribution < -0.4 is 5.73 Å². The molecule has 0 radical (unpaired) electrons. The maximum Gasteiger partial charge on any atom is 0.191 e. The van der Waals surface area contributed by atoms with Gasteiger partial charge in [0.05, 0.1) is 23.4 Å². The fraction of sp³-hybridized carbons (Fsp3) is 0.381. The Kier molecular flexibility index (Phi) is 3.81. The zero-order chi connectivity index (χ0) is 19.3. The highest BCUT2D eigenvalue weighted by Crippen LogP contribution is 2.58. The van der Waals surface area contributed by atoms with Gasteiger partial charge in [0.2, 0.25) is 0 Å². The van der Waals surface area contributed by atoms with Crippen molar-refractivity contribution in [2.75, 3.05) is 7.05 Å². The van der Waals surface area contributed by atoms with E-state index < -0.39 is 11.3 Å². The Balaban J connectivity index is 2.04. The minimum atomic E-state index is -1.67. The first-order valence-electron chi connectivity index (χ1n) is 8.90. The van der Waals surface area contributed by atoms with Gasteiger partial charge in [0.1, 0.15) is 11.9 Å². The number of allylic oxidation sites excluding steroid dienone is 2. The Morgan fingerprint density at radius 1 is 1.15 bits per heavy atom. The van der Waals surface area contributed by atoms with Crippen molar-refractivity contribution >= 4 is 0 Å². The number of nitrogens with two attached hydrogens (primary N) is 1. The molecule has 4 unspecified atom stereocenters. The smallest absolute Gasteiger partial charge is 0.191 e. The summed E-state index contributed by atoms with van der Waals surface area (Å²) in [6.07, 6.45) is 3.94. The Hall–Kier alpha value is -3.14. The van der Waals surface area contributed by atoms with Crippen molar-refractivity contribution < 1.29 is 4.39 Å². The van der Waals surface area contributed by atoms with Crippen LogP contribution >= 0.6 is 0 Å². The van der Waals surface area contributed by atoms with Crippen LogP contribution in [0.25, 0.3) is 0 Å². The molecule has 6 heteroatoms. The van der Waals surface area contributed by atoms with Crippen LogP contribution in [0.5, 0.6) is 0 Å². The molecular formula is C21H18FN5. The third-order valence-corrected chi connectivity index (χ3v) is 6.45. The number of hydrogen-bond acceptors (Lipinski definition) is 5. The first-order valence-corrected chi connectivity index (χ1v) is 8.90. The van der Waals surface area contributed by atoms with E-state index in [1.54, 1.807) is 12.1 Å². The average Bonchev–Trinajstić information content (AvgIpc) is 2.91. The number of benzene rings is 1. The molecule has 2 bridgehead atoms. The third kappa shape index (κ3) is 2.16. The van der Waals surface area contributed by atoms with E-state index in [0.29, 0.717) is 5.56 Å². The lowest BCUT2D eigenvalue weighted by molar-refractivity contribution is 0.160. The lowest BCUT2D eigenvalue weighted by Gasteiger charge is -2.48. The minimum Gasteiger partial charge on any atom is -0.399 e. The van der Waals surface area contributed by atoms with Gasteiger partial charge in [0.25, 0.3) is 0 Å². The minimum absolute atomic E-state index is 0.00998.